The van der Waals surface area contributed by atoms with Crippen molar-refractivity contribution >= 4 is 11.7 Å². The summed E-state index contributed by atoms with van der Waals surface area (Å²) in [6, 6.07) is 7.45. The van der Waals surface area contributed by atoms with E-state index in [4.69, 9.17) is 5.73 Å². The van der Waals surface area contributed by atoms with Crippen LogP contribution in [0, 0.1) is 5.92 Å². The minimum absolute atomic E-state index is 0.130. The maximum absolute atomic E-state index is 11.6. The number of rotatable bonds is 5. The number of benzene rings is 1. The van der Waals surface area contributed by atoms with Gasteiger partial charge >= 0.3 is 6.03 Å². The minimum atomic E-state index is -0.130. The molecule has 0 unspecified atom stereocenters. The van der Waals surface area contributed by atoms with Gasteiger partial charge < -0.3 is 16.4 Å². The first-order chi connectivity index (χ1) is 8.78. The summed E-state index contributed by atoms with van der Waals surface area (Å²) in [5.41, 5.74) is 7.37. The lowest BCUT2D eigenvalue weighted by Gasteiger charge is -2.25. The summed E-state index contributed by atoms with van der Waals surface area (Å²) in [7, 11) is 0. The van der Waals surface area contributed by atoms with Crippen molar-refractivity contribution in [2.75, 3.05) is 11.9 Å². The van der Waals surface area contributed by atoms with Crippen LogP contribution in [-0.2, 0) is 6.54 Å². The molecular formula is C14H21N3O. The van der Waals surface area contributed by atoms with E-state index in [1.165, 1.54) is 19.3 Å². The standard InChI is InChI=1S/C14H21N3O/c15-10-12-4-6-13(7-5-12)17-14(18)16-9-8-11-2-1-3-11/h4-7,11H,1-3,8-10,15H2,(H2,16,17,18). The average Bonchev–Trinajstić information content (AvgIpc) is 2.33. The molecule has 2 rings (SSSR count). The van der Waals surface area contributed by atoms with E-state index in [0.29, 0.717) is 6.54 Å². The third kappa shape index (κ3) is 3.74. The van der Waals surface area contributed by atoms with Gasteiger partial charge in [0.05, 0.1) is 0 Å². The second-order valence-electron chi connectivity index (χ2n) is 4.87. The number of carbonyl (C=O) groups excluding carboxylic acids is 1. The van der Waals surface area contributed by atoms with Crippen LogP contribution in [0.4, 0.5) is 10.5 Å². The molecule has 2 amide bonds. The number of urea groups is 1. The highest BCUT2D eigenvalue weighted by molar-refractivity contribution is 5.89. The van der Waals surface area contributed by atoms with Crippen molar-refractivity contribution in [1.29, 1.82) is 0 Å². The van der Waals surface area contributed by atoms with Gasteiger partial charge in [0.25, 0.3) is 0 Å². The summed E-state index contributed by atoms with van der Waals surface area (Å²) in [6.07, 6.45) is 5.09. The molecule has 0 saturated heterocycles. The molecular weight excluding hydrogens is 226 g/mol. The fraction of sp³-hybridized carbons (Fsp3) is 0.500. The molecule has 1 aromatic carbocycles. The van der Waals surface area contributed by atoms with Crippen LogP contribution < -0.4 is 16.4 Å². The van der Waals surface area contributed by atoms with Crippen LogP contribution >= 0.6 is 0 Å². The molecule has 1 fully saturated rings. The number of amides is 2. The SMILES string of the molecule is NCc1ccc(NC(=O)NCCC2CCC2)cc1. The van der Waals surface area contributed by atoms with Gasteiger partial charge in [-0.1, -0.05) is 31.4 Å². The van der Waals surface area contributed by atoms with Gasteiger partial charge in [0.15, 0.2) is 0 Å². The predicted molar refractivity (Wildman–Crippen MR) is 73.3 cm³/mol. The van der Waals surface area contributed by atoms with Crippen LogP contribution in [0.1, 0.15) is 31.2 Å². The second-order valence-corrected chi connectivity index (χ2v) is 4.87. The van der Waals surface area contributed by atoms with E-state index in [1.54, 1.807) is 0 Å². The zero-order valence-corrected chi connectivity index (χ0v) is 10.6. The Hall–Kier alpha value is -1.55. The van der Waals surface area contributed by atoms with E-state index in [2.05, 4.69) is 10.6 Å². The third-order valence-corrected chi connectivity index (χ3v) is 3.51. The van der Waals surface area contributed by atoms with E-state index in [0.717, 1.165) is 30.1 Å². The fourth-order valence-electron chi connectivity index (χ4n) is 2.07. The number of carbonyl (C=O) groups is 1. The zero-order valence-electron chi connectivity index (χ0n) is 10.6. The summed E-state index contributed by atoms with van der Waals surface area (Å²) in [5, 5.41) is 5.70. The van der Waals surface area contributed by atoms with Crippen molar-refractivity contribution in [3.8, 4) is 0 Å². The van der Waals surface area contributed by atoms with E-state index in [1.807, 2.05) is 24.3 Å². The normalized spacial score (nSPS) is 14.9. The molecule has 0 radical (unpaired) electrons. The molecule has 4 N–H and O–H groups in total. The second kappa shape index (κ2) is 6.40. The Morgan fingerprint density at radius 2 is 2.00 bits per heavy atom. The first kappa shape index (κ1) is 12.9. The predicted octanol–water partition coefficient (Wildman–Crippen LogP) is 2.46. The van der Waals surface area contributed by atoms with Gasteiger partial charge in [0.2, 0.25) is 0 Å². The zero-order chi connectivity index (χ0) is 12.8. The Kier molecular flexibility index (Phi) is 4.59. The molecule has 1 aromatic rings. The first-order valence-corrected chi connectivity index (χ1v) is 6.62. The first-order valence-electron chi connectivity index (χ1n) is 6.62. The highest BCUT2D eigenvalue weighted by atomic mass is 16.2. The minimum Gasteiger partial charge on any atom is -0.338 e. The molecule has 98 valence electrons. The molecule has 18 heavy (non-hydrogen) atoms. The molecule has 4 heteroatoms. The molecule has 0 atom stereocenters. The third-order valence-electron chi connectivity index (χ3n) is 3.51. The quantitative estimate of drug-likeness (QED) is 0.748. The average molecular weight is 247 g/mol. The summed E-state index contributed by atoms with van der Waals surface area (Å²) in [4.78, 5) is 11.6. The number of nitrogens with two attached hydrogens (primary N) is 1. The maximum atomic E-state index is 11.6. The van der Waals surface area contributed by atoms with Crippen LogP contribution in [0.25, 0.3) is 0 Å². The molecule has 0 aromatic heterocycles. The Labute approximate surface area is 108 Å². The number of hydrogen-bond donors (Lipinski definition) is 3. The topological polar surface area (TPSA) is 67.1 Å². The summed E-state index contributed by atoms with van der Waals surface area (Å²) < 4.78 is 0. The maximum Gasteiger partial charge on any atom is 0.319 e. The fourth-order valence-corrected chi connectivity index (χ4v) is 2.07. The van der Waals surface area contributed by atoms with Gasteiger partial charge in [0, 0.05) is 18.8 Å². The van der Waals surface area contributed by atoms with Crippen LogP contribution in [0.3, 0.4) is 0 Å². The molecule has 0 bridgehead atoms. The molecule has 4 nitrogen and oxygen atoms in total. The van der Waals surface area contributed by atoms with Crippen molar-refractivity contribution < 1.29 is 4.79 Å². The molecule has 1 saturated carbocycles. The number of hydrogen-bond acceptors (Lipinski definition) is 2. The summed E-state index contributed by atoms with van der Waals surface area (Å²) in [5.74, 6) is 0.828. The Morgan fingerprint density at radius 1 is 1.28 bits per heavy atom. The Bertz CT molecular complexity index is 385. The highest BCUT2D eigenvalue weighted by Gasteiger charge is 2.16. The van der Waals surface area contributed by atoms with Gasteiger partial charge in [-0.2, -0.15) is 0 Å². The van der Waals surface area contributed by atoms with E-state index >= 15 is 0 Å². The van der Waals surface area contributed by atoms with Crippen LogP contribution in [0.2, 0.25) is 0 Å². The van der Waals surface area contributed by atoms with Gasteiger partial charge in [-0.15, -0.1) is 0 Å². The molecule has 1 aliphatic rings. The summed E-state index contributed by atoms with van der Waals surface area (Å²) >= 11 is 0. The summed E-state index contributed by atoms with van der Waals surface area (Å²) in [6.45, 7) is 1.28. The van der Waals surface area contributed by atoms with Crippen molar-refractivity contribution in [2.45, 2.75) is 32.2 Å². The van der Waals surface area contributed by atoms with Gasteiger partial charge in [0.1, 0.15) is 0 Å². The van der Waals surface area contributed by atoms with Crippen molar-refractivity contribution in [3.05, 3.63) is 29.8 Å². The van der Waals surface area contributed by atoms with Crippen LogP contribution in [0.15, 0.2) is 24.3 Å². The van der Waals surface area contributed by atoms with E-state index in [9.17, 15) is 4.79 Å². The largest absolute Gasteiger partial charge is 0.338 e. The van der Waals surface area contributed by atoms with Crippen LogP contribution in [0.5, 0.6) is 0 Å². The lowest BCUT2D eigenvalue weighted by atomic mass is 9.83. The van der Waals surface area contributed by atoms with Crippen molar-refractivity contribution in [2.24, 2.45) is 11.7 Å². The van der Waals surface area contributed by atoms with Crippen LogP contribution in [-0.4, -0.2) is 12.6 Å². The van der Waals surface area contributed by atoms with Gasteiger partial charge in [-0.3, -0.25) is 0 Å². The lowest BCUT2D eigenvalue weighted by Crippen LogP contribution is -2.31. The molecule has 0 spiro atoms. The van der Waals surface area contributed by atoms with Crippen molar-refractivity contribution in [3.63, 3.8) is 0 Å². The molecule has 0 heterocycles. The smallest absolute Gasteiger partial charge is 0.319 e. The molecule has 1 aliphatic carbocycles. The monoisotopic (exact) mass is 247 g/mol. The Balaban J connectivity index is 1.68. The lowest BCUT2D eigenvalue weighted by molar-refractivity contribution is 0.247. The highest BCUT2D eigenvalue weighted by Crippen LogP contribution is 2.28. The Morgan fingerprint density at radius 3 is 2.56 bits per heavy atom. The number of nitrogens with one attached hydrogen (secondary N) is 2. The van der Waals surface area contributed by atoms with Crippen molar-refractivity contribution in [1.82, 2.24) is 5.32 Å². The molecule has 0 aliphatic heterocycles. The van der Waals surface area contributed by atoms with Gasteiger partial charge in [-0.05, 0) is 30.0 Å². The van der Waals surface area contributed by atoms with Gasteiger partial charge in [-0.25, -0.2) is 4.79 Å². The van der Waals surface area contributed by atoms with E-state index < -0.39 is 0 Å². The van der Waals surface area contributed by atoms with E-state index in [-0.39, 0.29) is 6.03 Å². The number of anilines is 1.